The molecule has 1 heterocycles. The number of hydrogen-bond donors (Lipinski definition) is 0. The SMILES string of the molecule is COc1cc(COc2ccccc2CC(=O)OC(C)C)cc2ccsc12. The lowest BCUT2D eigenvalue weighted by Crippen LogP contribution is -2.14. The number of thiophene rings is 1. The largest absolute Gasteiger partial charge is 0.495 e. The van der Waals surface area contributed by atoms with Gasteiger partial charge in [-0.2, -0.15) is 0 Å². The Hall–Kier alpha value is -2.53. The minimum absolute atomic E-state index is 0.125. The topological polar surface area (TPSA) is 44.8 Å². The van der Waals surface area contributed by atoms with Crippen molar-refractivity contribution in [2.75, 3.05) is 7.11 Å². The van der Waals surface area contributed by atoms with Crippen molar-refractivity contribution in [2.24, 2.45) is 0 Å². The van der Waals surface area contributed by atoms with E-state index >= 15 is 0 Å². The summed E-state index contributed by atoms with van der Waals surface area (Å²) in [7, 11) is 1.68. The lowest BCUT2D eigenvalue weighted by atomic mass is 10.1. The van der Waals surface area contributed by atoms with Crippen LogP contribution in [0.2, 0.25) is 0 Å². The smallest absolute Gasteiger partial charge is 0.310 e. The van der Waals surface area contributed by atoms with Crippen LogP contribution in [0, 0.1) is 0 Å². The van der Waals surface area contributed by atoms with Crippen LogP contribution >= 0.6 is 11.3 Å². The second-order valence-electron chi connectivity index (χ2n) is 6.25. The van der Waals surface area contributed by atoms with E-state index in [1.165, 1.54) is 0 Å². The molecule has 3 aromatic rings. The minimum Gasteiger partial charge on any atom is -0.495 e. The Bertz CT molecular complexity index is 898. The summed E-state index contributed by atoms with van der Waals surface area (Å²) in [5, 5.41) is 3.19. The number of methoxy groups -OCH3 is 1. The number of benzene rings is 2. The highest BCUT2D eigenvalue weighted by Crippen LogP contribution is 2.32. The zero-order valence-corrected chi connectivity index (χ0v) is 16.0. The summed E-state index contributed by atoms with van der Waals surface area (Å²) in [6, 6.07) is 13.7. The highest BCUT2D eigenvalue weighted by atomic mass is 32.1. The fraction of sp³-hybridized carbons (Fsp3) is 0.286. The van der Waals surface area contributed by atoms with E-state index in [9.17, 15) is 4.79 Å². The van der Waals surface area contributed by atoms with Crippen LogP contribution in [0.25, 0.3) is 10.1 Å². The fourth-order valence-corrected chi connectivity index (χ4v) is 3.63. The standard InChI is InChI=1S/C21H22O4S/c1-14(2)25-20(22)12-16-6-4-5-7-18(16)24-13-15-10-17-8-9-26-21(17)19(11-15)23-3/h4-11,14H,12-13H2,1-3H3. The molecular weight excluding hydrogens is 348 g/mol. The van der Waals surface area contributed by atoms with Crippen LogP contribution in [0.15, 0.2) is 47.8 Å². The maximum atomic E-state index is 12.0. The molecule has 136 valence electrons. The third-order valence-electron chi connectivity index (χ3n) is 3.87. The number of esters is 1. The molecule has 0 aliphatic rings. The molecule has 0 radical (unpaired) electrons. The van der Waals surface area contributed by atoms with Crippen LogP contribution in [0.4, 0.5) is 0 Å². The molecule has 26 heavy (non-hydrogen) atoms. The minimum atomic E-state index is -0.252. The first-order chi connectivity index (χ1) is 12.6. The summed E-state index contributed by atoms with van der Waals surface area (Å²) in [6.07, 6.45) is 0.0710. The first kappa shape index (κ1) is 18.3. The summed E-state index contributed by atoms with van der Waals surface area (Å²) in [4.78, 5) is 12.0. The van der Waals surface area contributed by atoms with E-state index in [1.807, 2.05) is 49.6 Å². The summed E-state index contributed by atoms with van der Waals surface area (Å²) < 4.78 is 17.8. The van der Waals surface area contributed by atoms with Crippen molar-refractivity contribution in [1.82, 2.24) is 0 Å². The van der Waals surface area contributed by atoms with Crippen LogP contribution in [0.1, 0.15) is 25.0 Å². The van der Waals surface area contributed by atoms with Crippen LogP contribution in [0.5, 0.6) is 11.5 Å². The normalized spacial score (nSPS) is 10.9. The maximum Gasteiger partial charge on any atom is 0.310 e. The van der Waals surface area contributed by atoms with E-state index < -0.39 is 0 Å². The first-order valence-corrected chi connectivity index (χ1v) is 9.39. The van der Waals surface area contributed by atoms with Crippen LogP contribution in [-0.4, -0.2) is 19.2 Å². The Labute approximate surface area is 157 Å². The molecule has 0 aliphatic carbocycles. The molecule has 0 fully saturated rings. The predicted molar refractivity (Wildman–Crippen MR) is 104 cm³/mol. The third kappa shape index (κ3) is 4.35. The number of hydrogen-bond acceptors (Lipinski definition) is 5. The fourth-order valence-electron chi connectivity index (χ4n) is 2.76. The summed E-state index contributed by atoms with van der Waals surface area (Å²) >= 11 is 1.66. The Kier molecular flexibility index (Phi) is 5.78. The summed E-state index contributed by atoms with van der Waals surface area (Å²) in [5.41, 5.74) is 1.84. The molecule has 3 rings (SSSR count). The molecule has 5 heteroatoms. The zero-order valence-electron chi connectivity index (χ0n) is 15.2. The van der Waals surface area contributed by atoms with Crippen LogP contribution in [-0.2, 0) is 22.6 Å². The molecule has 4 nitrogen and oxygen atoms in total. The van der Waals surface area contributed by atoms with Gasteiger partial charge in [0, 0.05) is 5.56 Å². The lowest BCUT2D eigenvalue weighted by Gasteiger charge is -2.13. The Balaban J connectivity index is 1.75. The maximum absolute atomic E-state index is 12.0. The molecule has 1 aromatic heterocycles. The third-order valence-corrected chi connectivity index (χ3v) is 4.81. The highest BCUT2D eigenvalue weighted by molar-refractivity contribution is 7.17. The molecule has 0 aliphatic heterocycles. The second-order valence-corrected chi connectivity index (χ2v) is 7.16. The van der Waals surface area contributed by atoms with Gasteiger partial charge >= 0.3 is 5.97 Å². The van der Waals surface area contributed by atoms with E-state index in [-0.39, 0.29) is 18.5 Å². The van der Waals surface area contributed by atoms with Gasteiger partial charge in [-0.3, -0.25) is 4.79 Å². The summed E-state index contributed by atoms with van der Waals surface area (Å²) in [5.74, 6) is 1.29. The highest BCUT2D eigenvalue weighted by Gasteiger charge is 2.12. The van der Waals surface area contributed by atoms with Crippen molar-refractivity contribution in [1.29, 1.82) is 0 Å². The Morgan fingerprint density at radius 2 is 1.92 bits per heavy atom. The summed E-state index contributed by atoms with van der Waals surface area (Å²) in [6.45, 7) is 4.08. The average molecular weight is 370 g/mol. The number of rotatable bonds is 7. The second kappa shape index (κ2) is 8.23. The van der Waals surface area contributed by atoms with E-state index in [1.54, 1.807) is 18.4 Å². The van der Waals surface area contributed by atoms with Gasteiger partial charge in [0.25, 0.3) is 0 Å². The quantitative estimate of drug-likeness (QED) is 0.550. The van der Waals surface area contributed by atoms with E-state index in [2.05, 4.69) is 12.1 Å². The van der Waals surface area contributed by atoms with Gasteiger partial charge in [-0.25, -0.2) is 0 Å². The predicted octanol–water partition coefficient (Wildman–Crippen LogP) is 4.98. The van der Waals surface area contributed by atoms with E-state index in [0.717, 1.165) is 27.0 Å². The van der Waals surface area contributed by atoms with Crippen molar-refractivity contribution >= 4 is 27.4 Å². The molecule has 0 N–H and O–H groups in total. The van der Waals surface area contributed by atoms with Gasteiger partial charge in [0.15, 0.2) is 0 Å². The lowest BCUT2D eigenvalue weighted by molar-refractivity contribution is -0.146. The number of carbonyl (C=O) groups is 1. The number of para-hydroxylation sites is 1. The van der Waals surface area contributed by atoms with Gasteiger partial charge in [-0.15, -0.1) is 11.3 Å². The van der Waals surface area contributed by atoms with Crippen LogP contribution < -0.4 is 9.47 Å². The van der Waals surface area contributed by atoms with Crippen molar-refractivity contribution in [3.63, 3.8) is 0 Å². The molecular formula is C21H22O4S. The van der Waals surface area contributed by atoms with Crippen molar-refractivity contribution in [2.45, 2.75) is 33.0 Å². The van der Waals surface area contributed by atoms with Gasteiger partial charge in [0.1, 0.15) is 18.1 Å². The molecule has 0 saturated carbocycles. The Morgan fingerprint density at radius 3 is 2.69 bits per heavy atom. The van der Waals surface area contributed by atoms with E-state index in [0.29, 0.717) is 12.4 Å². The molecule has 2 aromatic carbocycles. The zero-order chi connectivity index (χ0) is 18.5. The number of fused-ring (bicyclic) bond motifs is 1. The van der Waals surface area contributed by atoms with Crippen molar-refractivity contribution < 1.29 is 19.0 Å². The average Bonchev–Trinajstić information content (AvgIpc) is 3.08. The molecule has 0 atom stereocenters. The van der Waals surface area contributed by atoms with Gasteiger partial charge in [-0.05, 0) is 54.4 Å². The van der Waals surface area contributed by atoms with Crippen molar-refractivity contribution in [3.05, 3.63) is 59.0 Å². The van der Waals surface area contributed by atoms with Gasteiger partial charge in [-0.1, -0.05) is 18.2 Å². The molecule has 0 amide bonds. The Morgan fingerprint density at radius 1 is 1.12 bits per heavy atom. The molecule has 0 spiro atoms. The van der Waals surface area contributed by atoms with Gasteiger partial charge in [0.05, 0.1) is 24.3 Å². The number of ether oxygens (including phenoxy) is 3. The molecule has 0 unspecified atom stereocenters. The monoisotopic (exact) mass is 370 g/mol. The van der Waals surface area contributed by atoms with E-state index in [4.69, 9.17) is 14.2 Å². The number of carbonyl (C=O) groups excluding carboxylic acids is 1. The van der Waals surface area contributed by atoms with Crippen LogP contribution in [0.3, 0.4) is 0 Å². The molecule has 0 bridgehead atoms. The first-order valence-electron chi connectivity index (χ1n) is 8.51. The van der Waals surface area contributed by atoms with Crippen molar-refractivity contribution in [3.8, 4) is 11.5 Å². The molecule has 0 saturated heterocycles. The van der Waals surface area contributed by atoms with Gasteiger partial charge < -0.3 is 14.2 Å². The van der Waals surface area contributed by atoms with Gasteiger partial charge in [0.2, 0.25) is 0 Å².